The molecule has 0 aliphatic rings. The second-order valence-corrected chi connectivity index (χ2v) is 3.80. The first-order valence-electron chi connectivity index (χ1n) is 3.72. The van der Waals surface area contributed by atoms with Crippen molar-refractivity contribution in [3.63, 3.8) is 0 Å². The third-order valence-corrected chi connectivity index (χ3v) is 2.33. The molecule has 0 fully saturated rings. The summed E-state index contributed by atoms with van der Waals surface area (Å²) in [4.78, 5) is 0. The van der Waals surface area contributed by atoms with E-state index in [1.54, 1.807) is 12.1 Å². The molecule has 0 aromatic heterocycles. The van der Waals surface area contributed by atoms with E-state index in [0.717, 1.165) is 0 Å². The molecule has 0 bridgehead atoms. The van der Waals surface area contributed by atoms with E-state index < -0.39 is 0 Å². The molecule has 12 heavy (non-hydrogen) atoms. The first-order chi connectivity index (χ1) is 5.61. The van der Waals surface area contributed by atoms with Crippen LogP contribution in [0.15, 0.2) is 18.2 Å². The minimum atomic E-state index is -0.228. The smallest absolute Gasteiger partial charge is 0.140 e. The van der Waals surface area contributed by atoms with Gasteiger partial charge in [0, 0.05) is 0 Å². The molecule has 1 rings (SSSR count). The average Bonchev–Trinajstić information content (AvgIpc) is 1.98. The Morgan fingerprint density at radius 3 is 2.67 bits per heavy atom. The lowest BCUT2D eigenvalue weighted by atomic mass is 10.3. The lowest BCUT2D eigenvalue weighted by molar-refractivity contribution is 0.239. The van der Waals surface area contributed by atoms with Crippen LogP contribution in [0.1, 0.15) is 13.8 Å². The van der Waals surface area contributed by atoms with Crippen LogP contribution in [0.5, 0.6) is 5.75 Å². The van der Waals surface area contributed by atoms with Crippen molar-refractivity contribution in [1.82, 2.24) is 0 Å². The summed E-state index contributed by atoms with van der Waals surface area (Å²) in [5.41, 5.74) is 0. The van der Waals surface area contributed by atoms with Crippen molar-refractivity contribution in [3.05, 3.63) is 27.6 Å². The van der Waals surface area contributed by atoms with Gasteiger partial charge in [0.2, 0.25) is 0 Å². The van der Waals surface area contributed by atoms with Crippen LogP contribution in [0.4, 0.5) is 4.39 Å². The van der Waals surface area contributed by atoms with Crippen molar-refractivity contribution in [2.45, 2.75) is 20.0 Å². The molecule has 66 valence electrons. The highest BCUT2D eigenvalue weighted by atomic mass is 127. The average molecular weight is 280 g/mol. The minimum absolute atomic E-state index is 0.0836. The Kier molecular flexibility index (Phi) is 3.31. The molecule has 1 aromatic rings. The van der Waals surface area contributed by atoms with Crippen LogP contribution in [-0.2, 0) is 0 Å². The highest BCUT2D eigenvalue weighted by Gasteiger charge is 2.06. The second-order valence-electron chi connectivity index (χ2n) is 2.72. The third-order valence-electron chi connectivity index (χ3n) is 1.28. The molecule has 0 aliphatic heterocycles. The molecule has 0 saturated carbocycles. The van der Waals surface area contributed by atoms with Gasteiger partial charge >= 0.3 is 0 Å². The summed E-state index contributed by atoms with van der Waals surface area (Å²) in [7, 11) is 0. The van der Waals surface area contributed by atoms with Crippen molar-refractivity contribution >= 4 is 22.6 Å². The highest BCUT2D eigenvalue weighted by molar-refractivity contribution is 14.1. The molecule has 3 heteroatoms. The molecular formula is C9H10FIO. The maximum Gasteiger partial charge on any atom is 0.140 e. The second kappa shape index (κ2) is 4.07. The summed E-state index contributed by atoms with van der Waals surface area (Å²) in [5.74, 6) is 0.388. The molecule has 0 amide bonds. The summed E-state index contributed by atoms with van der Waals surface area (Å²) in [5, 5.41) is 0. The van der Waals surface area contributed by atoms with Gasteiger partial charge in [-0.2, -0.15) is 0 Å². The largest absolute Gasteiger partial charge is 0.490 e. The molecule has 0 N–H and O–H groups in total. The van der Waals surface area contributed by atoms with Gasteiger partial charge in [0.05, 0.1) is 9.67 Å². The van der Waals surface area contributed by atoms with Crippen LogP contribution in [-0.4, -0.2) is 6.10 Å². The Morgan fingerprint density at radius 1 is 1.42 bits per heavy atom. The fourth-order valence-corrected chi connectivity index (χ4v) is 1.32. The fourth-order valence-electron chi connectivity index (χ4n) is 0.829. The minimum Gasteiger partial charge on any atom is -0.490 e. The zero-order chi connectivity index (χ0) is 9.14. The molecule has 0 heterocycles. The number of ether oxygens (including phenoxy) is 1. The zero-order valence-corrected chi connectivity index (χ0v) is 9.13. The molecule has 0 saturated heterocycles. The van der Waals surface area contributed by atoms with Gasteiger partial charge in [-0.15, -0.1) is 0 Å². The van der Waals surface area contributed by atoms with E-state index in [0.29, 0.717) is 9.32 Å². The lowest BCUT2D eigenvalue weighted by Gasteiger charge is -2.11. The van der Waals surface area contributed by atoms with Gasteiger partial charge < -0.3 is 4.74 Å². The number of halogens is 2. The first-order valence-corrected chi connectivity index (χ1v) is 4.80. The Bertz CT molecular complexity index is 273. The van der Waals surface area contributed by atoms with Crippen LogP contribution in [0.2, 0.25) is 0 Å². The van der Waals surface area contributed by atoms with E-state index >= 15 is 0 Å². The maximum atomic E-state index is 12.9. The molecule has 0 atom stereocenters. The summed E-state index contributed by atoms with van der Waals surface area (Å²) in [6.45, 7) is 3.84. The van der Waals surface area contributed by atoms with Crippen LogP contribution in [0.25, 0.3) is 0 Å². The van der Waals surface area contributed by atoms with E-state index in [1.807, 2.05) is 36.4 Å². The molecule has 1 nitrogen and oxygen atoms in total. The molecule has 0 spiro atoms. The Hall–Kier alpha value is -0.320. The van der Waals surface area contributed by atoms with Crippen molar-refractivity contribution in [2.24, 2.45) is 0 Å². The molecule has 0 aliphatic carbocycles. The highest BCUT2D eigenvalue weighted by Crippen LogP contribution is 2.23. The van der Waals surface area contributed by atoms with Gasteiger partial charge in [0.25, 0.3) is 0 Å². The summed E-state index contributed by atoms with van der Waals surface area (Å²) in [6, 6.07) is 4.84. The summed E-state index contributed by atoms with van der Waals surface area (Å²) >= 11 is 1.94. The third kappa shape index (κ3) is 2.33. The van der Waals surface area contributed by atoms with E-state index in [4.69, 9.17) is 4.74 Å². The number of hydrogen-bond donors (Lipinski definition) is 0. The van der Waals surface area contributed by atoms with E-state index in [2.05, 4.69) is 0 Å². The van der Waals surface area contributed by atoms with Crippen LogP contribution >= 0.6 is 22.6 Å². The van der Waals surface area contributed by atoms with Crippen molar-refractivity contribution in [2.75, 3.05) is 0 Å². The van der Waals surface area contributed by atoms with Gasteiger partial charge in [0.1, 0.15) is 11.6 Å². The van der Waals surface area contributed by atoms with E-state index in [9.17, 15) is 4.39 Å². The zero-order valence-electron chi connectivity index (χ0n) is 6.97. The van der Waals surface area contributed by atoms with Crippen LogP contribution < -0.4 is 4.74 Å². The molecule has 0 radical (unpaired) electrons. The van der Waals surface area contributed by atoms with Crippen LogP contribution in [0, 0.1) is 9.39 Å². The summed E-state index contributed by atoms with van der Waals surface area (Å²) in [6.07, 6.45) is 0.0836. The number of benzene rings is 1. The Labute approximate surface area is 85.1 Å². The lowest BCUT2D eigenvalue weighted by Crippen LogP contribution is -2.07. The van der Waals surface area contributed by atoms with Crippen molar-refractivity contribution in [1.29, 1.82) is 0 Å². The maximum absolute atomic E-state index is 12.9. The molecule has 0 unspecified atom stereocenters. The van der Waals surface area contributed by atoms with Crippen molar-refractivity contribution < 1.29 is 9.13 Å². The van der Waals surface area contributed by atoms with Gasteiger partial charge in [-0.3, -0.25) is 0 Å². The molecular weight excluding hydrogens is 270 g/mol. The Morgan fingerprint density at radius 2 is 2.08 bits per heavy atom. The van der Waals surface area contributed by atoms with Gasteiger partial charge in [-0.1, -0.05) is 6.07 Å². The fraction of sp³-hybridized carbons (Fsp3) is 0.333. The number of rotatable bonds is 2. The first kappa shape index (κ1) is 9.77. The normalized spacial score (nSPS) is 10.4. The quantitative estimate of drug-likeness (QED) is 0.756. The van der Waals surface area contributed by atoms with Gasteiger partial charge in [0.15, 0.2) is 0 Å². The van der Waals surface area contributed by atoms with E-state index in [1.165, 1.54) is 6.07 Å². The standard InChI is InChI=1S/C9H10FIO/c1-6(2)12-8-5-3-4-7(10)9(8)11/h3-6H,1-2H3. The van der Waals surface area contributed by atoms with Gasteiger partial charge in [-0.25, -0.2) is 4.39 Å². The monoisotopic (exact) mass is 280 g/mol. The van der Waals surface area contributed by atoms with Crippen molar-refractivity contribution in [3.8, 4) is 5.75 Å². The predicted octanol–water partition coefficient (Wildman–Crippen LogP) is 3.22. The van der Waals surface area contributed by atoms with Crippen LogP contribution in [0.3, 0.4) is 0 Å². The SMILES string of the molecule is CC(C)Oc1cccc(F)c1I. The summed E-state index contributed by atoms with van der Waals surface area (Å²) < 4.78 is 18.9. The predicted molar refractivity (Wildman–Crippen MR) is 54.9 cm³/mol. The number of hydrogen-bond acceptors (Lipinski definition) is 1. The topological polar surface area (TPSA) is 9.23 Å². The Balaban J connectivity index is 2.92. The van der Waals surface area contributed by atoms with E-state index in [-0.39, 0.29) is 11.9 Å². The molecule has 1 aromatic carbocycles. The van der Waals surface area contributed by atoms with Gasteiger partial charge in [-0.05, 0) is 48.6 Å².